The second-order valence-electron chi connectivity index (χ2n) is 3.80. The molecule has 0 spiro atoms. The van der Waals surface area contributed by atoms with Crippen LogP contribution in [0.1, 0.15) is 21.7 Å². The average molecular weight is 239 g/mol. The average Bonchev–Trinajstić information content (AvgIpc) is 2.56. The maximum absolute atomic E-state index is 5.42. The minimum atomic E-state index is 0.774. The van der Waals surface area contributed by atoms with Gasteiger partial charge < -0.3 is 10.1 Å². The molecule has 0 fully saturated rings. The van der Waals surface area contributed by atoms with Crippen LogP contribution in [0.4, 0.5) is 0 Å². The Hall–Kier alpha value is -0.640. The highest BCUT2D eigenvalue weighted by molar-refractivity contribution is 7.12. The third kappa shape index (κ3) is 4.92. The van der Waals surface area contributed by atoms with Crippen LogP contribution < -0.4 is 5.32 Å². The lowest BCUT2D eigenvalue weighted by atomic mass is 10.2. The van der Waals surface area contributed by atoms with E-state index in [9.17, 15) is 0 Å². The van der Waals surface area contributed by atoms with Crippen LogP contribution in [-0.2, 0) is 11.3 Å². The van der Waals surface area contributed by atoms with E-state index in [1.54, 1.807) is 0 Å². The van der Waals surface area contributed by atoms with E-state index in [4.69, 9.17) is 4.74 Å². The molecule has 1 N–H and O–H groups in total. The molecule has 90 valence electrons. The maximum Gasteiger partial charge on any atom is 0.0591 e. The Bertz CT molecular complexity index is 320. The maximum atomic E-state index is 5.42. The van der Waals surface area contributed by atoms with Crippen LogP contribution in [0.2, 0.25) is 0 Å². The van der Waals surface area contributed by atoms with Crippen LogP contribution in [-0.4, -0.2) is 19.8 Å². The van der Waals surface area contributed by atoms with Crippen molar-refractivity contribution in [2.45, 2.75) is 26.8 Å². The molecule has 0 aliphatic rings. The van der Waals surface area contributed by atoms with Crippen LogP contribution in [0, 0.1) is 13.8 Å². The number of nitrogens with one attached hydrogen (secondary N) is 1. The van der Waals surface area contributed by atoms with Crippen molar-refractivity contribution in [3.05, 3.63) is 34.0 Å². The van der Waals surface area contributed by atoms with E-state index >= 15 is 0 Å². The lowest BCUT2D eigenvalue weighted by Gasteiger charge is -2.05. The zero-order valence-corrected chi connectivity index (χ0v) is 11.0. The number of thiophene rings is 1. The number of aryl methyl sites for hydroxylation is 2. The molecule has 3 heteroatoms. The molecule has 1 aromatic heterocycles. The van der Waals surface area contributed by atoms with Crippen LogP contribution in [0.3, 0.4) is 0 Å². The lowest BCUT2D eigenvalue weighted by Crippen LogP contribution is -2.19. The van der Waals surface area contributed by atoms with Crippen molar-refractivity contribution >= 4 is 11.3 Å². The van der Waals surface area contributed by atoms with Gasteiger partial charge in [0.05, 0.1) is 13.2 Å². The van der Waals surface area contributed by atoms with Crippen molar-refractivity contribution in [2.24, 2.45) is 0 Å². The van der Waals surface area contributed by atoms with E-state index in [0.29, 0.717) is 0 Å². The summed E-state index contributed by atoms with van der Waals surface area (Å²) in [5.74, 6) is 0. The van der Waals surface area contributed by atoms with E-state index in [1.807, 2.05) is 17.4 Å². The van der Waals surface area contributed by atoms with Crippen molar-refractivity contribution in [1.29, 1.82) is 0 Å². The Kier molecular flexibility index (Phi) is 6.38. The molecule has 0 aliphatic carbocycles. The van der Waals surface area contributed by atoms with Gasteiger partial charge in [0.15, 0.2) is 0 Å². The minimum Gasteiger partial charge on any atom is -0.380 e. The first-order valence-corrected chi connectivity index (χ1v) is 6.51. The molecule has 1 heterocycles. The van der Waals surface area contributed by atoms with Gasteiger partial charge >= 0.3 is 0 Å². The van der Waals surface area contributed by atoms with Gasteiger partial charge in [-0.2, -0.15) is 0 Å². The van der Waals surface area contributed by atoms with Crippen LogP contribution in [0.15, 0.2) is 18.7 Å². The largest absolute Gasteiger partial charge is 0.380 e. The Morgan fingerprint density at radius 3 is 2.88 bits per heavy atom. The minimum absolute atomic E-state index is 0.774. The zero-order chi connectivity index (χ0) is 11.8. The Labute approximate surface area is 102 Å². The van der Waals surface area contributed by atoms with Gasteiger partial charge in [0, 0.05) is 22.8 Å². The van der Waals surface area contributed by atoms with Gasteiger partial charge in [0.25, 0.3) is 0 Å². The normalized spacial score (nSPS) is 10.6. The fourth-order valence-corrected chi connectivity index (χ4v) is 2.44. The number of hydrogen-bond donors (Lipinski definition) is 1. The fourth-order valence-electron chi connectivity index (χ4n) is 1.50. The summed E-state index contributed by atoms with van der Waals surface area (Å²) in [6, 6.07) is 2.26. The molecule has 0 atom stereocenters. The quantitative estimate of drug-likeness (QED) is 0.556. The van der Waals surface area contributed by atoms with Crippen LogP contribution in [0.25, 0.3) is 0 Å². The van der Waals surface area contributed by atoms with Gasteiger partial charge in [0.2, 0.25) is 0 Å². The summed E-state index contributed by atoms with van der Waals surface area (Å²) in [6.07, 6.45) is 2.81. The second-order valence-corrected chi connectivity index (χ2v) is 5.27. The topological polar surface area (TPSA) is 21.3 Å². The third-order valence-corrected chi connectivity index (χ3v) is 3.36. The SMILES string of the molecule is C=CCCOCCNCc1cc(C)sc1C. The summed E-state index contributed by atoms with van der Waals surface area (Å²) in [6.45, 7) is 11.4. The van der Waals surface area contributed by atoms with Crippen molar-refractivity contribution in [3.63, 3.8) is 0 Å². The summed E-state index contributed by atoms with van der Waals surface area (Å²) >= 11 is 1.86. The molecular formula is C13H21NOS. The first-order valence-electron chi connectivity index (χ1n) is 5.69. The Morgan fingerprint density at radius 2 is 2.25 bits per heavy atom. The highest BCUT2D eigenvalue weighted by Gasteiger charge is 2.01. The first kappa shape index (κ1) is 13.4. The molecule has 16 heavy (non-hydrogen) atoms. The Morgan fingerprint density at radius 1 is 1.44 bits per heavy atom. The summed E-state index contributed by atoms with van der Waals surface area (Å²) in [4.78, 5) is 2.80. The number of rotatable bonds is 8. The molecule has 0 aromatic carbocycles. The van der Waals surface area contributed by atoms with Crippen molar-refractivity contribution in [2.75, 3.05) is 19.8 Å². The summed E-state index contributed by atoms with van der Waals surface area (Å²) < 4.78 is 5.42. The van der Waals surface area contributed by atoms with E-state index in [-0.39, 0.29) is 0 Å². The highest BCUT2D eigenvalue weighted by Crippen LogP contribution is 2.19. The fraction of sp³-hybridized carbons (Fsp3) is 0.538. The molecule has 0 saturated carbocycles. The van der Waals surface area contributed by atoms with Crippen LogP contribution in [0.5, 0.6) is 0 Å². The van der Waals surface area contributed by atoms with Gasteiger partial charge in [0.1, 0.15) is 0 Å². The van der Waals surface area contributed by atoms with Gasteiger partial charge in [-0.3, -0.25) is 0 Å². The predicted octanol–water partition coefficient (Wildman–Crippen LogP) is 3.05. The van der Waals surface area contributed by atoms with Crippen molar-refractivity contribution < 1.29 is 4.74 Å². The number of ether oxygens (including phenoxy) is 1. The lowest BCUT2D eigenvalue weighted by molar-refractivity contribution is 0.140. The highest BCUT2D eigenvalue weighted by atomic mass is 32.1. The molecule has 0 radical (unpaired) electrons. The first-order chi connectivity index (χ1) is 7.74. The molecule has 0 unspecified atom stereocenters. The smallest absolute Gasteiger partial charge is 0.0591 e. The van der Waals surface area contributed by atoms with Gasteiger partial charge in [-0.25, -0.2) is 0 Å². The molecule has 2 nitrogen and oxygen atoms in total. The van der Waals surface area contributed by atoms with E-state index in [2.05, 4.69) is 31.8 Å². The molecule has 1 aromatic rings. The standard InChI is InChI=1S/C13H21NOS/c1-4-5-7-15-8-6-14-10-13-9-11(2)16-12(13)3/h4,9,14H,1,5-8,10H2,2-3H3. The van der Waals surface area contributed by atoms with E-state index in [1.165, 1.54) is 15.3 Å². The van der Waals surface area contributed by atoms with Gasteiger partial charge in [-0.15, -0.1) is 17.9 Å². The summed E-state index contributed by atoms with van der Waals surface area (Å²) in [5.41, 5.74) is 1.41. The Balaban J connectivity index is 2.07. The van der Waals surface area contributed by atoms with E-state index < -0.39 is 0 Å². The molecule has 0 aliphatic heterocycles. The van der Waals surface area contributed by atoms with E-state index in [0.717, 1.165) is 32.7 Å². The molecule has 0 saturated heterocycles. The molecule has 0 amide bonds. The second kappa shape index (κ2) is 7.60. The van der Waals surface area contributed by atoms with Crippen LogP contribution >= 0.6 is 11.3 Å². The monoisotopic (exact) mass is 239 g/mol. The number of hydrogen-bond acceptors (Lipinski definition) is 3. The molecule has 1 rings (SSSR count). The van der Waals surface area contributed by atoms with Crippen molar-refractivity contribution in [1.82, 2.24) is 5.32 Å². The van der Waals surface area contributed by atoms with Crippen molar-refractivity contribution in [3.8, 4) is 0 Å². The molecular weight excluding hydrogens is 218 g/mol. The summed E-state index contributed by atoms with van der Waals surface area (Å²) in [7, 11) is 0. The zero-order valence-electron chi connectivity index (χ0n) is 10.2. The van der Waals surface area contributed by atoms with Gasteiger partial charge in [-0.1, -0.05) is 6.08 Å². The summed E-state index contributed by atoms with van der Waals surface area (Å²) in [5, 5.41) is 3.39. The molecule has 0 bridgehead atoms. The third-order valence-electron chi connectivity index (χ3n) is 2.35. The predicted molar refractivity (Wildman–Crippen MR) is 71.1 cm³/mol. The van der Waals surface area contributed by atoms with Gasteiger partial charge in [-0.05, 0) is 31.9 Å².